The van der Waals surface area contributed by atoms with Crippen molar-refractivity contribution in [1.82, 2.24) is 10.2 Å². The highest BCUT2D eigenvalue weighted by Gasteiger charge is 2.09. The molecule has 1 heterocycles. The van der Waals surface area contributed by atoms with Crippen LogP contribution in [0, 0.1) is 6.92 Å². The van der Waals surface area contributed by atoms with E-state index in [1.54, 1.807) is 0 Å². The van der Waals surface area contributed by atoms with Gasteiger partial charge in [-0.1, -0.05) is 18.2 Å². The molecule has 0 aliphatic rings. The molecule has 1 aromatic carbocycles. The summed E-state index contributed by atoms with van der Waals surface area (Å²) < 4.78 is 10.8. The molecular formula is C13H14N2O4. The number of aliphatic carboxylic acids is 1. The average Bonchev–Trinajstić information content (AvgIpc) is 2.83. The van der Waals surface area contributed by atoms with Crippen molar-refractivity contribution in [2.75, 3.05) is 0 Å². The summed E-state index contributed by atoms with van der Waals surface area (Å²) in [6.07, 6.45) is 0.201. The number of aromatic nitrogens is 2. The molecule has 0 unspecified atom stereocenters. The van der Waals surface area contributed by atoms with E-state index < -0.39 is 5.97 Å². The van der Waals surface area contributed by atoms with E-state index in [0.717, 1.165) is 11.3 Å². The normalized spacial score (nSPS) is 10.4. The number of nitrogens with zero attached hydrogens (tertiary/aromatic N) is 2. The van der Waals surface area contributed by atoms with Crippen LogP contribution in [0.15, 0.2) is 28.7 Å². The molecule has 0 amide bonds. The minimum absolute atomic E-state index is 0.0275. The number of benzene rings is 1. The first-order valence-corrected chi connectivity index (χ1v) is 5.86. The number of carboxylic acids is 1. The highest BCUT2D eigenvalue weighted by Crippen LogP contribution is 2.17. The summed E-state index contributed by atoms with van der Waals surface area (Å²) in [5, 5.41) is 16.1. The molecular weight excluding hydrogens is 248 g/mol. The lowest BCUT2D eigenvalue weighted by Gasteiger charge is -2.05. The molecule has 1 N–H and O–H groups in total. The van der Waals surface area contributed by atoms with Crippen molar-refractivity contribution >= 4 is 5.97 Å². The fraction of sp³-hybridized carbons (Fsp3) is 0.308. The molecule has 0 aliphatic carbocycles. The van der Waals surface area contributed by atoms with Crippen LogP contribution >= 0.6 is 0 Å². The van der Waals surface area contributed by atoms with Gasteiger partial charge in [0.25, 0.3) is 5.89 Å². The lowest BCUT2D eigenvalue weighted by atomic mass is 10.2. The van der Waals surface area contributed by atoms with Gasteiger partial charge in [0.15, 0.2) is 6.61 Å². The first kappa shape index (κ1) is 13.1. The lowest BCUT2D eigenvalue weighted by Crippen LogP contribution is -1.97. The SMILES string of the molecule is Cc1ccccc1OCc1nnc(CCC(=O)O)o1. The third-order valence-electron chi connectivity index (χ3n) is 2.51. The Kier molecular flexibility index (Phi) is 4.12. The summed E-state index contributed by atoms with van der Waals surface area (Å²) in [5.74, 6) is 0.512. The van der Waals surface area contributed by atoms with E-state index in [4.69, 9.17) is 14.3 Å². The van der Waals surface area contributed by atoms with Crippen molar-refractivity contribution in [2.24, 2.45) is 0 Å². The number of carboxylic acid groups (broad SMARTS) is 1. The van der Waals surface area contributed by atoms with Gasteiger partial charge in [0.2, 0.25) is 5.89 Å². The van der Waals surface area contributed by atoms with Crippen molar-refractivity contribution in [3.8, 4) is 5.75 Å². The Morgan fingerprint density at radius 3 is 2.79 bits per heavy atom. The predicted molar refractivity (Wildman–Crippen MR) is 65.8 cm³/mol. The quantitative estimate of drug-likeness (QED) is 0.856. The molecule has 0 aliphatic heterocycles. The summed E-state index contributed by atoms with van der Waals surface area (Å²) in [7, 11) is 0. The summed E-state index contributed by atoms with van der Waals surface area (Å²) in [4.78, 5) is 10.4. The molecule has 19 heavy (non-hydrogen) atoms. The van der Waals surface area contributed by atoms with Gasteiger partial charge in [0.05, 0.1) is 6.42 Å². The molecule has 0 saturated heterocycles. The molecule has 0 bridgehead atoms. The molecule has 0 fully saturated rings. The zero-order valence-corrected chi connectivity index (χ0v) is 10.5. The third kappa shape index (κ3) is 3.80. The largest absolute Gasteiger partial charge is 0.484 e. The summed E-state index contributed by atoms with van der Waals surface area (Å²) in [5.41, 5.74) is 1.02. The van der Waals surface area contributed by atoms with Gasteiger partial charge in [-0.15, -0.1) is 10.2 Å². The number of hydrogen-bond donors (Lipinski definition) is 1. The Bertz CT molecular complexity index is 565. The van der Waals surface area contributed by atoms with Crippen LogP contribution in [0.5, 0.6) is 5.75 Å². The molecule has 2 aromatic rings. The minimum atomic E-state index is -0.893. The average molecular weight is 262 g/mol. The summed E-state index contributed by atoms with van der Waals surface area (Å²) in [6.45, 7) is 2.12. The van der Waals surface area contributed by atoms with E-state index in [1.165, 1.54) is 0 Å². The molecule has 0 atom stereocenters. The number of ether oxygens (including phenoxy) is 1. The molecule has 0 spiro atoms. The van der Waals surface area contributed by atoms with Crippen molar-refractivity contribution in [3.05, 3.63) is 41.6 Å². The van der Waals surface area contributed by atoms with Gasteiger partial charge < -0.3 is 14.3 Å². The minimum Gasteiger partial charge on any atom is -0.484 e. The highest BCUT2D eigenvalue weighted by atomic mass is 16.5. The molecule has 2 rings (SSSR count). The van der Waals surface area contributed by atoms with Crippen LogP contribution in [0.3, 0.4) is 0 Å². The zero-order valence-electron chi connectivity index (χ0n) is 10.5. The second-order valence-corrected chi connectivity index (χ2v) is 4.04. The van der Waals surface area contributed by atoms with E-state index in [1.807, 2.05) is 31.2 Å². The molecule has 6 heteroatoms. The van der Waals surface area contributed by atoms with E-state index in [-0.39, 0.29) is 19.4 Å². The maximum Gasteiger partial charge on any atom is 0.303 e. The van der Waals surface area contributed by atoms with E-state index in [0.29, 0.717) is 11.8 Å². The standard InChI is InChI=1S/C13H14N2O4/c1-9-4-2-3-5-10(9)18-8-12-15-14-11(19-12)6-7-13(16)17/h2-5H,6-8H2,1H3,(H,16,17). The van der Waals surface area contributed by atoms with Crippen molar-refractivity contribution in [3.63, 3.8) is 0 Å². The molecule has 100 valence electrons. The fourth-order valence-corrected chi connectivity index (χ4v) is 1.52. The van der Waals surface area contributed by atoms with Crippen LogP contribution in [-0.2, 0) is 17.8 Å². The van der Waals surface area contributed by atoms with Crippen LogP contribution in [-0.4, -0.2) is 21.3 Å². The Labute approximate surface area is 110 Å². The first-order valence-electron chi connectivity index (χ1n) is 5.86. The summed E-state index contributed by atoms with van der Waals surface area (Å²) >= 11 is 0. The lowest BCUT2D eigenvalue weighted by molar-refractivity contribution is -0.137. The van der Waals surface area contributed by atoms with Crippen molar-refractivity contribution in [1.29, 1.82) is 0 Å². The van der Waals surface area contributed by atoms with Gasteiger partial charge in [-0.25, -0.2) is 0 Å². The second-order valence-electron chi connectivity index (χ2n) is 4.04. The van der Waals surface area contributed by atoms with Crippen LogP contribution in [0.25, 0.3) is 0 Å². The third-order valence-corrected chi connectivity index (χ3v) is 2.51. The predicted octanol–water partition coefficient (Wildman–Crippen LogP) is 1.97. The van der Waals surface area contributed by atoms with Crippen LogP contribution in [0.2, 0.25) is 0 Å². The van der Waals surface area contributed by atoms with Gasteiger partial charge in [0, 0.05) is 6.42 Å². The van der Waals surface area contributed by atoms with E-state index in [2.05, 4.69) is 10.2 Å². The number of carbonyl (C=O) groups is 1. The highest BCUT2D eigenvalue weighted by molar-refractivity contribution is 5.66. The topological polar surface area (TPSA) is 85.5 Å². The van der Waals surface area contributed by atoms with Crippen LogP contribution < -0.4 is 4.74 Å². The first-order chi connectivity index (χ1) is 9.15. The molecule has 0 radical (unpaired) electrons. The van der Waals surface area contributed by atoms with Crippen molar-refractivity contribution < 1.29 is 19.1 Å². The second kappa shape index (κ2) is 5.99. The van der Waals surface area contributed by atoms with Crippen LogP contribution in [0.4, 0.5) is 0 Å². The Balaban J connectivity index is 1.90. The maximum atomic E-state index is 10.4. The summed E-state index contributed by atoms with van der Waals surface area (Å²) in [6, 6.07) is 7.62. The molecule has 6 nitrogen and oxygen atoms in total. The van der Waals surface area contributed by atoms with Gasteiger partial charge >= 0.3 is 5.97 Å². The molecule has 1 aromatic heterocycles. The fourth-order valence-electron chi connectivity index (χ4n) is 1.52. The number of aryl methyl sites for hydroxylation is 2. The van der Waals surface area contributed by atoms with Gasteiger partial charge in [-0.2, -0.15) is 0 Å². The number of rotatable bonds is 6. The Morgan fingerprint density at radius 2 is 2.05 bits per heavy atom. The Morgan fingerprint density at radius 1 is 1.32 bits per heavy atom. The van der Waals surface area contributed by atoms with E-state index in [9.17, 15) is 4.79 Å². The number of hydrogen-bond acceptors (Lipinski definition) is 5. The zero-order chi connectivity index (χ0) is 13.7. The van der Waals surface area contributed by atoms with Gasteiger partial charge in [-0.05, 0) is 18.6 Å². The maximum absolute atomic E-state index is 10.4. The van der Waals surface area contributed by atoms with Gasteiger partial charge in [0.1, 0.15) is 5.75 Å². The Hall–Kier alpha value is -2.37. The molecule has 0 saturated carbocycles. The monoisotopic (exact) mass is 262 g/mol. The number of para-hydroxylation sites is 1. The van der Waals surface area contributed by atoms with Crippen LogP contribution in [0.1, 0.15) is 23.8 Å². The van der Waals surface area contributed by atoms with Gasteiger partial charge in [-0.3, -0.25) is 4.79 Å². The van der Waals surface area contributed by atoms with E-state index >= 15 is 0 Å². The van der Waals surface area contributed by atoms with Crippen molar-refractivity contribution in [2.45, 2.75) is 26.4 Å². The smallest absolute Gasteiger partial charge is 0.303 e.